The molecule has 108 valence electrons. The van der Waals surface area contributed by atoms with E-state index < -0.39 is 7.59 Å². The van der Waals surface area contributed by atoms with Gasteiger partial charge in [-0.2, -0.15) is 0 Å². The molecule has 0 amide bonds. The van der Waals surface area contributed by atoms with E-state index in [9.17, 15) is 0 Å². The summed E-state index contributed by atoms with van der Waals surface area (Å²) in [6, 6.07) is 0. The molecule has 1 rings (SSSR count). The van der Waals surface area contributed by atoms with Crippen LogP contribution in [0.3, 0.4) is 0 Å². The molecule has 0 spiro atoms. The molecule has 1 heterocycles. The maximum atomic E-state index is 5.75. The largest absolute Gasteiger partial charge is 0.250 e. The van der Waals surface area contributed by atoms with Crippen molar-refractivity contribution in [1.29, 1.82) is 0 Å². The Bertz CT molecular complexity index is 410. The van der Waals surface area contributed by atoms with Gasteiger partial charge in [-0.25, -0.2) is 15.0 Å². The highest BCUT2D eigenvalue weighted by molar-refractivity contribution is 7.99. The van der Waals surface area contributed by atoms with E-state index in [2.05, 4.69) is 28.8 Å². The lowest BCUT2D eigenvalue weighted by Crippen LogP contribution is -2.16. The van der Waals surface area contributed by atoms with E-state index in [1.807, 2.05) is 0 Å². The summed E-state index contributed by atoms with van der Waals surface area (Å²) in [5, 5.41) is 0.353. The van der Waals surface area contributed by atoms with Gasteiger partial charge in [0.1, 0.15) is 0 Å². The van der Waals surface area contributed by atoms with Crippen LogP contribution in [-0.4, -0.2) is 20.7 Å². The van der Waals surface area contributed by atoms with Crippen LogP contribution in [0.5, 0.6) is 0 Å². The number of alkyl halides is 6. The molecule has 0 N–H and O–H groups in total. The van der Waals surface area contributed by atoms with Crippen LogP contribution in [0.1, 0.15) is 25.5 Å². The van der Waals surface area contributed by atoms with Gasteiger partial charge in [0.05, 0.1) is 0 Å². The van der Waals surface area contributed by atoms with Crippen LogP contribution >= 0.6 is 81.4 Å². The lowest BCUT2D eigenvalue weighted by molar-refractivity contribution is 0.737. The molecule has 10 heteroatoms. The van der Waals surface area contributed by atoms with Gasteiger partial charge < -0.3 is 0 Å². The second-order valence-electron chi connectivity index (χ2n) is 3.97. The van der Waals surface area contributed by atoms with Crippen molar-refractivity contribution in [3.05, 3.63) is 11.6 Å². The van der Waals surface area contributed by atoms with Gasteiger partial charge >= 0.3 is 0 Å². The van der Waals surface area contributed by atoms with Gasteiger partial charge in [0.2, 0.25) is 7.59 Å². The smallest absolute Gasteiger partial charge is 0.209 e. The molecular formula is C9H9Cl6N3S. The fourth-order valence-corrected chi connectivity index (χ4v) is 2.21. The molecule has 0 aromatic carbocycles. The molecule has 0 fully saturated rings. The molecule has 0 aliphatic rings. The quantitative estimate of drug-likeness (QED) is 0.508. The zero-order valence-electron chi connectivity index (χ0n) is 9.80. The van der Waals surface area contributed by atoms with Crippen molar-refractivity contribution in [3.63, 3.8) is 0 Å². The lowest BCUT2D eigenvalue weighted by atomic mass is 10.3. The van der Waals surface area contributed by atoms with E-state index in [-0.39, 0.29) is 11.6 Å². The average Bonchev–Trinajstić information content (AvgIpc) is 2.23. The van der Waals surface area contributed by atoms with E-state index in [1.165, 1.54) is 11.8 Å². The van der Waals surface area contributed by atoms with Crippen molar-refractivity contribution in [1.82, 2.24) is 15.0 Å². The molecular weight excluding hydrogens is 395 g/mol. The minimum Gasteiger partial charge on any atom is -0.209 e. The SMILES string of the molecule is CC(C)CSc1nc(C(Cl)(Cl)Cl)nc(C(Cl)(Cl)Cl)n1. The summed E-state index contributed by atoms with van der Waals surface area (Å²) in [5.41, 5.74) is 0. The number of rotatable bonds is 3. The fourth-order valence-electron chi connectivity index (χ4n) is 0.916. The Morgan fingerprint density at radius 2 is 1.32 bits per heavy atom. The van der Waals surface area contributed by atoms with Gasteiger partial charge in [0.15, 0.2) is 16.8 Å². The number of hydrogen-bond donors (Lipinski definition) is 0. The molecule has 19 heavy (non-hydrogen) atoms. The molecule has 1 aromatic heterocycles. The summed E-state index contributed by atoms with van der Waals surface area (Å²) in [6.45, 7) is 4.11. The maximum absolute atomic E-state index is 5.75. The average molecular weight is 404 g/mol. The van der Waals surface area contributed by atoms with Gasteiger partial charge in [0.25, 0.3) is 0 Å². The van der Waals surface area contributed by atoms with Crippen LogP contribution in [0.2, 0.25) is 0 Å². The topological polar surface area (TPSA) is 38.7 Å². The maximum Gasteiger partial charge on any atom is 0.250 e. The Kier molecular flexibility index (Phi) is 6.60. The Labute approximate surface area is 145 Å². The Hall–Kier alpha value is 1.10. The summed E-state index contributed by atoms with van der Waals surface area (Å²) < 4.78 is -3.61. The third-order valence-corrected chi connectivity index (χ3v) is 3.96. The molecule has 0 saturated carbocycles. The summed E-state index contributed by atoms with van der Waals surface area (Å²) in [6.07, 6.45) is 0. The molecule has 0 saturated heterocycles. The summed E-state index contributed by atoms with van der Waals surface area (Å²) >= 11 is 35.9. The first kappa shape index (κ1) is 18.1. The summed E-state index contributed by atoms with van der Waals surface area (Å²) in [7, 11) is 0. The minimum absolute atomic E-state index is 0.0694. The Morgan fingerprint density at radius 3 is 1.63 bits per heavy atom. The van der Waals surface area contributed by atoms with E-state index in [0.29, 0.717) is 11.1 Å². The van der Waals surface area contributed by atoms with E-state index in [1.54, 1.807) is 0 Å². The third kappa shape index (κ3) is 6.16. The van der Waals surface area contributed by atoms with E-state index in [0.717, 1.165) is 5.75 Å². The highest BCUT2D eigenvalue weighted by Gasteiger charge is 2.33. The molecule has 0 radical (unpaired) electrons. The Balaban J connectivity index is 3.17. The molecule has 0 aliphatic heterocycles. The monoisotopic (exact) mass is 401 g/mol. The zero-order valence-corrected chi connectivity index (χ0v) is 15.2. The van der Waals surface area contributed by atoms with E-state index >= 15 is 0 Å². The van der Waals surface area contributed by atoms with Crippen LogP contribution in [0.25, 0.3) is 0 Å². The van der Waals surface area contributed by atoms with Crippen molar-refractivity contribution in [3.8, 4) is 0 Å². The number of thioether (sulfide) groups is 1. The highest BCUT2D eigenvalue weighted by atomic mass is 35.6. The first-order chi connectivity index (χ1) is 8.50. The van der Waals surface area contributed by atoms with Crippen LogP contribution in [0.4, 0.5) is 0 Å². The second-order valence-corrected chi connectivity index (χ2v) is 9.52. The highest BCUT2D eigenvalue weighted by Crippen LogP contribution is 2.40. The first-order valence-electron chi connectivity index (χ1n) is 5.03. The van der Waals surface area contributed by atoms with Gasteiger partial charge in [-0.05, 0) is 5.92 Å². The number of hydrogen-bond acceptors (Lipinski definition) is 4. The normalized spacial score (nSPS) is 13.1. The van der Waals surface area contributed by atoms with Crippen molar-refractivity contribution < 1.29 is 0 Å². The van der Waals surface area contributed by atoms with Gasteiger partial charge in [-0.15, -0.1) is 0 Å². The predicted octanol–water partition coefficient (Wildman–Crippen LogP) is 5.27. The van der Waals surface area contributed by atoms with Gasteiger partial charge in [0, 0.05) is 5.75 Å². The lowest BCUT2D eigenvalue weighted by Gasteiger charge is -2.15. The summed E-state index contributed by atoms with van der Waals surface area (Å²) in [4.78, 5) is 12.0. The van der Waals surface area contributed by atoms with Crippen molar-refractivity contribution in [2.45, 2.75) is 26.6 Å². The van der Waals surface area contributed by atoms with Gasteiger partial charge in [-0.1, -0.05) is 95.2 Å². The van der Waals surface area contributed by atoms with Crippen molar-refractivity contribution >= 4 is 81.4 Å². The molecule has 0 unspecified atom stereocenters. The van der Waals surface area contributed by atoms with Crippen LogP contribution < -0.4 is 0 Å². The summed E-state index contributed by atoms with van der Waals surface area (Å²) in [5.74, 6) is 1.08. The third-order valence-electron chi connectivity index (χ3n) is 1.67. The standard InChI is InChI=1S/C9H9Cl6N3S/c1-4(2)3-19-7-17-5(8(10,11)12)16-6(18-7)9(13,14)15/h4H,3H2,1-2H3. The fraction of sp³-hybridized carbons (Fsp3) is 0.667. The van der Waals surface area contributed by atoms with Crippen molar-refractivity contribution in [2.75, 3.05) is 5.75 Å². The van der Waals surface area contributed by atoms with Crippen LogP contribution in [0, 0.1) is 5.92 Å². The molecule has 3 nitrogen and oxygen atoms in total. The minimum atomic E-state index is -1.80. The number of halogens is 6. The van der Waals surface area contributed by atoms with Gasteiger partial charge in [-0.3, -0.25) is 0 Å². The predicted molar refractivity (Wildman–Crippen MR) is 83.9 cm³/mol. The molecule has 0 atom stereocenters. The molecule has 1 aromatic rings. The second kappa shape index (κ2) is 6.91. The number of nitrogens with zero attached hydrogens (tertiary/aromatic N) is 3. The first-order valence-corrected chi connectivity index (χ1v) is 8.28. The molecule has 0 bridgehead atoms. The molecule has 0 aliphatic carbocycles. The zero-order chi connectivity index (χ0) is 14.8. The Morgan fingerprint density at radius 1 is 0.895 bits per heavy atom. The van der Waals surface area contributed by atoms with Crippen LogP contribution in [-0.2, 0) is 7.59 Å². The van der Waals surface area contributed by atoms with Crippen LogP contribution in [0.15, 0.2) is 5.16 Å². The van der Waals surface area contributed by atoms with Crippen molar-refractivity contribution in [2.24, 2.45) is 5.92 Å². The van der Waals surface area contributed by atoms with E-state index in [4.69, 9.17) is 69.6 Å². The number of aromatic nitrogens is 3.